The average Bonchev–Trinajstić information content (AvgIpc) is 3.18. The minimum atomic E-state index is 0.0473. The van der Waals surface area contributed by atoms with Crippen molar-refractivity contribution in [3.05, 3.63) is 41.7 Å². The van der Waals surface area contributed by atoms with E-state index >= 15 is 0 Å². The van der Waals surface area contributed by atoms with Gasteiger partial charge in [0.15, 0.2) is 0 Å². The van der Waals surface area contributed by atoms with E-state index in [1.165, 1.54) is 25.3 Å². The number of nitrogens with zero attached hydrogens (tertiary/aromatic N) is 6. The summed E-state index contributed by atoms with van der Waals surface area (Å²) in [5.74, 6) is 0.591. The number of aromatic hydroxyl groups is 1. The van der Waals surface area contributed by atoms with Crippen LogP contribution in [0.3, 0.4) is 0 Å². The summed E-state index contributed by atoms with van der Waals surface area (Å²) in [5, 5.41) is 27.3. The standard InChI is InChI=1S/C22H24ClN7O/c23-17-12-16(13-18(31)14-17)21-19(15-30(28-21)10-5-24)20-4-6-25-22(27-20)26-7-11-29-8-2-1-3-9-29/h4,6,12-15,31H,1-3,7-11H2,(H,25,26,27). The van der Waals surface area contributed by atoms with Crippen LogP contribution in [0.5, 0.6) is 5.75 Å². The van der Waals surface area contributed by atoms with E-state index in [1.807, 2.05) is 0 Å². The number of hydrogen-bond donors (Lipinski definition) is 2. The first-order valence-electron chi connectivity index (χ1n) is 10.4. The molecule has 3 aromatic rings. The van der Waals surface area contributed by atoms with Crippen LogP contribution in [0.15, 0.2) is 36.7 Å². The van der Waals surface area contributed by atoms with Gasteiger partial charge in [0.25, 0.3) is 0 Å². The summed E-state index contributed by atoms with van der Waals surface area (Å²) >= 11 is 6.13. The van der Waals surface area contributed by atoms with Crippen LogP contribution in [0.25, 0.3) is 22.5 Å². The topological polar surface area (TPSA) is 103 Å². The highest BCUT2D eigenvalue weighted by atomic mass is 35.5. The van der Waals surface area contributed by atoms with Gasteiger partial charge in [0.05, 0.1) is 11.8 Å². The number of hydrogen-bond acceptors (Lipinski definition) is 7. The predicted octanol–water partition coefficient (Wildman–Crippen LogP) is 3.79. The molecule has 1 aliphatic rings. The van der Waals surface area contributed by atoms with Crippen molar-refractivity contribution in [2.45, 2.75) is 25.8 Å². The van der Waals surface area contributed by atoms with Crippen molar-refractivity contribution < 1.29 is 5.11 Å². The minimum Gasteiger partial charge on any atom is -0.508 e. The number of anilines is 1. The molecule has 0 amide bonds. The highest BCUT2D eigenvalue weighted by Gasteiger charge is 2.17. The lowest BCUT2D eigenvalue weighted by Gasteiger charge is -2.26. The smallest absolute Gasteiger partial charge is 0.223 e. The molecule has 2 N–H and O–H groups in total. The van der Waals surface area contributed by atoms with Crippen LogP contribution >= 0.6 is 11.6 Å². The van der Waals surface area contributed by atoms with Crippen LogP contribution in [0.4, 0.5) is 5.95 Å². The fraction of sp³-hybridized carbons (Fsp3) is 0.364. The number of nitrogens with one attached hydrogen (secondary N) is 1. The molecule has 2 aromatic heterocycles. The maximum Gasteiger partial charge on any atom is 0.223 e. The molecular weight excluding hydrogens is 414 g/mol. The van der Waals surface area contributed by atoms with Gasteiger partial charge < -0.3 is 15.3 Å². The van der Waals surface area contributed by atoms with Gasteiger partial charge in [-0.3, -0.25) is 4.68 Å². The predicted molar refractivity (Wildman–Crippen MR) is 120 cm³/mol. The lowest BCUT2D eigenvalue weighted by molar-refractivity contribution is 0.237. The summed E-state index contributed by atoms with van der Waals surface area (Å²) in [4.78, 5) is 11.5. The zero-order chi connectivity index (χ0) is 21.6. The Morgan fingerprint density at radius 3 is 2.81 bits per heavy atom. The molecule has 0 unspecified atom stereocenters. The van der Waals surface area contributed by atoms with Crippen molar-refractivity contribution >= 4 is 17.5 Å². The Bertz CT molecular complexity index is 1070. The molecule has 4 rings (SSSR count). The lowest BCUT2D eigenvalue weighted by Crippen LogP contribution is -2.33. The quantitative estimate of drug-likeness (QED) is 0.579. The number of likely N-dealkylation sites (tertiary alicyclic amines) is 1. The largest absolute Gasteiger partial charge is 0.508 e. The number of piperidine rings is 1. The van der Waals surface area contributed by atoms with E-state index in [9.17, 15) is 5.11 Å². The first kappa shape index (κ1) is 21.1. The highest BCUT2D eigenvalue weighted by Crippen LogP contribution is 2.33. The molecular formula is C22H24ClN7O. The Kier molecular flexibility index (Phi) is 6.65. The molecule has 1 aromatic carbocycles. The third-order valence-electron chi connectivity index (χ3n) is 5.24. The second kappa shape index (κ2) is 9.77. The van der Waals surface area contributed by atoms with E-state index in [2.05, 4.69) is 31.4 Å². The molecule has 1 saturated heterocycles. The van der Waals surface area contributed by atoms with Gasteiger partial charge in [-0.25, -0.2) is 9.97 Å². The number of phenols is 1. The van der Waals surface area contributed by atoms with E-state index in [1.54, 1.807) is 35.3 Å². The lowest BCUT2D eigenvalue weighted by atomic mass is 10.1. The van der Waals surface area contributed by atoms with Crippen LogP contribution in [0.2, 0.25) is 5.02 Å². The van der Waals surface area contributed by atoms with Crippen LogP contribution in [0, 0.1) is 11.3 Å². The van der Waals surface area contributed by atoms with E-state index in [4.69, 9.17) is 16.9 Å². The fourth-order valence-corrected chi connectivity index (χ4v) is 4.02. The fourth-order valence-electron chi connectivity index (χ4n) is 3.79. The van der Waals surface area contributed by atoms with Crippen LogP contribution < -0.4 is 5.32 Å². The van der Waals surface area contributed by atoms with Gasteiger partial charge in [-0.05, 0) is 50.2 Å². The summed E-state index contributed by atoms with van der Waals surface area (Å²) < 4.78 is 1.55. The summed E-state index contributed by atoms with van der Waals surface area (Å²) in [6, 6.07) is 8.68. The summed E-state index contributed by atoms with van der Waals surface area (Å²) in [5.41, 5.74) is 2.65. The molecule has 0 atom stereocenters. The third kappa shape index (κ3) is 5.32. The average molecular weight is 438 g/mol. The molecule has 160 valence electrons. The van der Waals surface area contributed by atoms with Crippen LogP contribution in [0.1, 0.15) is 19.3 Å². The molecule has 3 heterocycles. The van der Waals surface area contributed by atoms with Crippen molar-refractivity contribution in [2.24, 2.45) is 0 Å². The second-order valence-electron chi connectivity index (χ2n) is 7.54. The number of benzene rings is 1. The van der Waals surface area contributed by atoms with Gasteiger partial charge in [-0.2, -0.15) is 10.4 Å². The maximum absolute atomic E-state index is 9.96. The van der Waals surface area contributed by atoms with Crippen molar-refractivity contribution in [2.75, 3.05) is 31.5 Å². The van der Waals surface area contributed by atoms with E-state index in [-0.39, 0.29) is 12.3 Å². The molecule has 0 bridgehead atoms. The molecule has 0 spiro atoms. The Morgan fingerprint density at radius 1 is 1.19 bits per heavy atom. The van der Waals surface area contributed by atoms with E-state index < -0.39 is 0 Å². The van der Waals surface area contributed by atoms with Gasteiger partial charge in [0, 0.05) is 41.6 Å². The van der Waals surface area contributed by atoms with Crippen molar-refractivity contribution in [1.29, 1.82) is 5.26 Å². The Labute approximate surface area is 186 Å². The van der Waals surface area contributed by atoms with Crippen LogP contribution in [-0.4, -0.2) is 55.9 Å². The Morgan fingerprint density at radius 2 is 2.03 bits per heavy atom. The van der Waals surface area contributed by atoms with Crippen molar-refractivity contribution in [3.63, 3.8) is 0 Å². The Hall–Kier alpha value is -3.15. The number of nitriles is 1. The zero-order valence-electron chi connectivity index (χ0n) is 17.1. The number of halogens is 1. The SMILES string of the molecule is N#CCn1cc(-c2ccnc(NCCN3CCCCC3)n2)c(-c2cc(O)cc(Cl)c2)n1. The highest BCUT2D eigenvalue weighted by molar-refractivity contribution is 6.31. The number of rotatable bonds is 7. The maximum atomic E-state index is 9.96. The molecule has 1 aliphatic heterocycles. The first-order valence-corrected chi connectivity index (χ1v) is 10.7. The number of phenolic OH excluding ortho intramolecular Hbond substituents is 1. The van der Waals surface area contributed by atoms with E-state index in [0.29, 0.717) is 27.9 Å². The first-order chi connectivity index (χ1) is 15.1. The van der Waals surface area contributed by atoms with Crippen molar-refractivity contribution in [1.82, 2.24) is 24.6 Å². The van der Waals surface area contributed by atoms with Gasteiger partial charge >= 0.3 is 0 Å². The van der Waals surface area contributed by atoms with E-state index in [0.717, 1.165) is 31.7 Å². The molecule has 0 saturated carbocycles. The van der Waals surface area contributed by atoms with Gasteiger partial charge in [-0.1, -0.05) is 18.0 Å². The summed E-state index contributed by atoms with van der Waals surface area (Å²) in [7, 11) is 0. The molecule has 9 heteroatoms. The summed E-state index contributed by atoms with van der Waals surface area (Å²) in [6.07, 6.45) is 7.32. The van der Waals surface area contributed by atoms with Crippen LogP contribution in [-0.2, 0) is 6.54 Å². The molecule has 31 heavy (non-hydrogen) atoms. The molecule has 0 radical (unpaired) electrons. The van der Waals surface area contributed by atoms with Gasteiger partial charge in [0.2, 0.25) is 5.95 Å². The monoisotopic (exact) mass is 437 g/mol. The summed E-state index contributed by atoms with van der Waals surface area (Å²) in [6.45, 7) is 4.13. The normalized spacial score (nSPS) is 14.3. The van der Waals surface area contributed by atoms with Gasteiger partial charge in [0.1, 0.15) is 18.0 Å². The number of aromatic nitrogens is 4. The molecule has 1 fully saturated rings. The van der Waals surface area contributed by atoms with Gasteiger partial charge in [-0.15, -0.1) is 0 Å². The van der Waals surface area contributed by atoms with Crippen molar-refractivity contribution in [3.8, 4) is 34.3 Å². The molecule has 8 nitrogen and oxygen atoms in total. The minimum absolute atomic E-state index is 0.0473. The zero-order valence-corrected chi connectivity index (χ0v) is 17.9. The third-order valence-corrected chi connectivity index (χ3v) is 5.46. The second-order valence-corrected chi connectivity index (χ2v) is 7.98. The Balaban J connectivity index is 1.58. The molecule has 0 aliphatic carbocycles.